The van der Waals surface area contributed by atoms with Gasteiger partial charge < -0.3 is 24.4 Å². The standard InChI is InChI=1S/C62H123N3O6/c1-7-13-17-21-25-27-31-37-46-58(44-35-29-23-19-15-9-3)56-70-60(66)48-39-33-41-51-65(54-55-69-62(68)63-50-43-53-64(11-5)12-6)52-42-34-40-49-61(67)71-57-59(45-36-30-24-20-16-10-4)47-38-32-28-26-22-18-14-8-2/h58-59H,7-57H2,1-6H3,(H,63,68). The second-order valence-electron chi connectivity index (χ2n) is 21.6. The van der Waals surface area contributed by atoms with Crippen molar-refractivity contribution in [2.45, 2.75) is 305 Å². The Morgan fingerprint density at radius 3 is 1.03 bits per heavy atom. The Labute approximate surface area is 442 Å². The van der Waals surface area contributed by atoms with Gasteiger partial charge in [-0.1, -0.05) is 234 Å². The zero-order valence-electron chi connectivity index (χ0n) is 48.6. The number of nitrogens with one attached hydrogen (secondary N) is 1. The molecule has 0 bridgehead atoms. The van der Waals surface area contributed by atoms with Crippen LogP contribution in [0.25, 0.3) is 0 Å². The smallest absolute Gasteiger partial charge is 0.407 e. The first-order chi connectivity index (χ1) is 34.8. The summed E-state index contributed by atoms with van der Waals surface area (Å²) in [6.07, 6.45) is 48.7. The molecular formula is C62H123N3O6. The Balaban J connectivity index is 4.96. The topological polar surface area (TPSA) is 97.4 Å². The van der Waals surface area contributed by atoms with E-state index in [0.717, 1.165) is 77.7 Å². The highest BCUT2D eigenvalue weighted by Crippen LogP contribution is 2.22. The van der Waals surface area contributed by atoms with Crippen molar-refractivity contribution in [3.8, 4) is 0 Å². The third-order valence-electron chi connectivity index (χ3n) is 15.0. The van der Waals surface area contributed by atoms with E-state index in [0.29, 0.717) is 57.6 Å². The number of ether oxygens (including phenoxy) is 3. The first kappa shape index (κ1) is 69.1. The fourth-order valence-corrected chi connectivity index (χ4v) is 10.00. The van der Waals surface area contributed by atoms with Crippen LogP contribution in [-0.4, -0.2) is 93.5 Å². The van der Waals surface area contributed by atoms with Gasteiger partial charge in [0.15, 0.2) is 0 Å². The summed E-state index contributed by atoms with van der Waals surface area (Å²) in [6.45, 7) is 21.0. The summed E-state index contributed by atoms with van der Waals surface area (Å²) < 4.78 is 17.5. The highest BCUT2D eigenvalue weighted by Gasteiger charge is 2.15. The lowest BCUT2D eigenvalue weighted by molar-refractivity contribution is -0.146. The molecule has 0 aliphatic heterocycles. The molecule has 9 heteroatoms. The monoisotopic (exact) mass is 1010 g/mol. The lowest BCUT2D eigenvalue weighted by Gasteiger charge is -2.22. The van der Waals surface area contributed by atoms with E-state index >= 15 is 0 Å². The van der Waals surface area contributed by atoms with Gasteiger partial charge in [0, 0.05) is 25.9 Å². The number of hydrogen-bond acceptors (Lipinski definition) is 8. The number of alkyl carbamates (subject to hydrolysis) is 1. The Kier molecular flexibility index (Phi) is 54.4. The van der Waals surface area contributed by atoms with Gasteiger partial charge in [0.05, 0.1) is 13.2 Å². The van der Waals surface area contributed by atoms with Crippen molar-refractivity contribution in [3.05, 3.63) is 0 Å². The van der Waals surface area contributed by atoms with Crippen molar-refractivity contribution in [1.82, 2.24) is 15.1 Å². The van der Waals surface area contributed by atoms with Gasteiger partial charge in [-0.15, -0.1) is 0 Å². The maximum atomic E-state index is 12.9. The number of hydrogen-bond donors (Lipinski definition) is 1. The van der Waals surface area contributed by atoms with Crippen molar-refractivity contribution in [1.29, 1.82) is 0 Å². The molecule has 0 saturated heterocycles. The molecule has 0 saturated carbocycles. The predicted octanol–water partition coefficient (Wildman–Crippen LogP) is 17.7. The van der Waals surface area contributed by atoms with Gasteiger partial charge >= 0.3 is 18.0 Å². The minimum absolute atomic E-state index is 0.0439. The Morgan fingerprint density at radius 1 is 0.352 bits per heavy atom. The van der Waals surface area contributed by atoms with E-state index in [1.165, 1.54) is 205 Å². The molecule has 1 N–H and O–H groups in total. The van der Waals surface area contributed by atoms with Crippen LogP contribution in [0.5, 0.6) is 0 Å². The van der Waals surface area contributed by atoms with Crippen LogP contribution in [0.4, 0.5) is 4.79 Å². The highest BCUT2D eigenvalue weighted by molar-refractivity contribution is 5.69. The van der Waals surface area contributed by atoms with E-state index in [1.54, 1.807) is 0 Å². The number of esters is 2. The van der Waals surface area contributed by atoms with Crippen LogP contribution >= 0.6 is 0 Å². The molecule has 0 radical (unpaired) electrons. The van der Waals surface area contributed by atoms with Crippen LogP contribution in [0, 0.1) is 11.8 Å². The number of amides is 1. The molecule has 0 fully saturated rings. The molecule has 71 heavy (non-hydrogen) atoms. The molecule has 0 aromatic rings. The fraction of sp³-hybridized carbons (Fsp3) is 0.952. The van der Waals surface area contributed by atoms with Gasteiger partial charge in [-0.25, -0.2) is 4.79 Å². The van der Waals surface area contributed by atoms with Gasteiger partial charge in [-0.2, -0.15) is 0 Å². The number of nitrogens with zero attached hydrogens (tertiary/aromatic N) is 2. The molecule has 0 aromatic heterocycles. The van der Waals surface area contributed by atoms with Crippen molar-refractivity contribution in [2.75, 3.05) is 65.6 Å². The summed E-state index contributed by atoms with van der Waals surface area (Å²) in [6, 6.07) is 0. The molecule has 0 aliphatic carbocycles. The molecule has 0 heterocycles. The number of rotatable bonds is 57. The maximum Gasteiger partial charge on any atom is 0.407 e. The fourth-order valence-electron chi connectivity index (χ4n) is 10.00. The normalized spacial score (nSPS) is 12.5. The third kappa shape index (κ3) is 50.1. The van der Waals surface area contributed by atoms with Crippen LogP contribution in [-0.2, 0) is 23.8 Å². The summed E-state index contributed by atoms with van der Waals surface area (Å²) in [5.41, 5.74) is 0. The summed E-state index contributed by atoms with van der Waals surface area (Å²) in [4.78, 5) is 43.1. The third-order valence-corrected chi connectivity index (χ3v) is 15.0. The Morgan fingerprint density at radius 2 is 0.676 bits per heavy atom. The second kappa shape index (κ2) is 55.9. The van der Waals surface area contributed by atoms with E-state index in [9.17, 15) is 14.4 Å². The minimum atomic E-state index is -0.347. The lowest BCUT2D eigenvalue weighted by Crippen LogP contribution is -2.33. The first-order valence-electron chi connectivity index (χ1n) is 31.5. The molecule has 1 amide bonds. The van der Waals surface area contributed by atoms with E-state index in [1.807, 2.05) is 0 Å². The van der Waals surface area contributed by atoms with Gasteiger partial charge in [-0.05, 0) is 102 Å². The molecule has 9 nitrogen and oxygen atoms in total. The number of carbonyl (C=O) groups excluding carboxylic acids is 3. The van der Waals surface area contributed by atoms with Crippen LogP contribution in [0.2, 0.25) is 0 Å². The molecular weight excluding hydrogens is 883 g/mol. The van der Waals surface area contributed by atoms with Crippen molar-refractivity contribution >= 4 is 18.0 Å². The average molecular weight is 1010 g/mol. The van der Waals surface area contributed by atoms with Crippen molar-refractivity contribution in [2.24, 2.45) is 11.8 Å². The van der Waals surface area contributed by atoms with Crippen molar-refractivity contribution < 1.29 is 28.6 Å². The first-order valence-corrected chi connectivity index (χ1v) is 31.5. The van der Waals surface area contributed by atoms with Gasteiger partial charge in [0.25, 0.3) is 0 Å². The number of carbonyl (C=O) groups is 3. The Bertz CT molecular complexity index is 1050. The molecule has 0 aromatic carbocycles. The summed E-state index contributed by atoms with van der Waals surface area (Å²) in [7, 11) is 0. The zero-order chi connectivity index (χ0) is 51.9. The lowest BCUT2D eigenvalue weighted by atomic mass is 9.94. The molecule has 2 atom stereocenters. The average Bonchev–Trinajstić information content (AvgIpc) is 3.37. The molecule has 0 spiro atoms. The van der Waals surface area contributed by atoms with Crippen LogP contribution < -0.4 is 5.32 Å². The zero-order valence-corrected chi connectivity index (χ0v) is 48.6. The van der Waals surface area contributed by atoms with Gasteiger partial charge in [0.1, 0.15) is 6.61 Å². The highest BCUT2D eigenvalue weighted by atomic mass is 16.5. The molecule has 2 unspecified atom stereocenters. The van der Waals surface area contributed by atoms with E-state index in [-0.39, 0.29) is 18.0 Å². The van der Waals surface area contributed by atoms with Crippen LogP contribution in [0.3, 0.4) is 0 Å². The maximum absolute atomic E-state index is 12.9. The Hall–Kier alpha value is -1.87. The van der Waals surface area contributed by atoms with E-state index in [4.69, 9.17) is 14.2 Å². The number of unbranched alkanes of at least 4 members (excludes halogenated alkanes) is 28. The SMILES string of the molecule is CCCCCCCCCCC(CCCCCCCC)COC(=O)CCCCCN(CCCCCC(=O)OCC(CCCCCCCC)CCCCCCCCCC)CCOC(=O)NCCCN(CC)CC. The van der Waals surface area contributed by atoms with Crippen LogP contribution in [0.1, 0.15) is 305 Å². The largest absolute Gasteiger partial charge is 0.465 e. The van der Waals surface area contributed by atoms with Gasteiger partial charge in [-0.3, -0.25) is 14.5 Å². The summed E-state index contributed by atoms with van der Waals surface area (Å²) >= 11 is 0. The predicted molar refractivity (Wildman–Crippen MR) is 304 cm³/mol. The minimum Gasteiger partial charge on any atom is -0.465 e. The quantitative estimate of drug-likeness (QED) is 0.0366. The van der Waals surface area contributed by atoms with E-state index in [2.05, 4.69) is 56.7 Å². The summed E-state index contributed by atoms with van der Waals surface area (Å²) in [5.74, 6) is 0.889. The molecule has 422 valence electrons. The molecule has 0 rings (SSSR count). The second-order valence-corrected chi connectivity index (χ2v) is 21.6. The summed E-state index contributed by atoms with van der Waals surface area (Å²) in [5, 5.41) is 2.92. The van der Waals surface area contributed by atoms with E-state index < -0.39 is 0 Å². The van der Waals surface area contributed by atoms with Crippen LogP contribution in [0.15, 0.2) is 0 Å². The molecule has 0 aliphatic rings. The van der Waals surface area contributed by atoms with Gasteiger partial charge in [0.2, 0.25) is 0 Å². The van der Waals surface area contributed by atoms with Crippen molar-refractivity contribution in [3.63, 3.8) is 0 Å².